The van der Waals surface area contributed by atoms with Crippen LogP contribution in [0.5, 0.6) is 5.75 Å². The molecular formula is C16H16N2O5S. The molecule has 8 heteroatoms. The maximum Gasteiger partial charge on any atom is 0.294 e. The van der Waals surface area contributed by atoms with Gasteiger partial charge in [0.15, 0.2) is 0 Å². The Morgan fingerprint density at radius 1 is 1.21 bits per heavy atom. The van der Waals surface area contributed by atoms with Crippen LogP contribution in [0.2, 0.25) is 0 Å². The van der Waals surface area contributed by atoms with Gasteiger partial charge in [0, 0.05) is 13.1 Å². The van der Waals surface area contributed by atoms with E-state index < -0.39 is 11.1 Å². The van der Waals surface area contributed by atoms with Gasteiger partial charge in [0.2, 0.25) is 5.91 Å². The van der Waals surface area contributed by atoms with Crippen LogP contribution < -0.4 is 0 Å². The first-order valence-electron chi connectivity index (χ1n) is 7.44. The number of carbonyl (C=O) groups excluding carboxylic acids is 3. The maximum atomic E-state index is 12.4. The Bertz CT molecular complexity index is 695. The normalized spacial score (nSPS) is 20.1. The van der Waals surface area contributed by atoms with Gasteiger partial charge < -0.3 is 14.7 Å². The number of hydrogen-bond acceptors (Lipinski definition) is 6. The molecule has 0 unspecified atom stereocenters. The van der Waals surface area contributed by atoms with Crippen LogP contribution in [0.4, 0.5) is 4.79 Å². The van der Waals surface area contributed by atoms with E-state index in [9.17, 15) is 19.5 Å². The van der Waals surface area contributed by atoms with Crippen molar-refractivity contribution in [3.05, 3.63) is 34.7 Å². The summed E-state index contributed by atoms with van der Waals surface area (Å²) in [6.07, 6.45) is 1.57. The van der Waals surface area contributed by atoms with Gasteiger partial charge in [-0.15, -0.1) is 0 Å². The first-order valence-corrected chi connectivity index (χ1v) is 8.26. The molecule has 3 rings (SSSR count). The smallest absolute Gasteiger partial charge is 0.294 e. The van der Waals surface area contributed by atoms with E-state index in [0.717, 1.165) is 16.7 Å². The molecule has 0 saturated carbocycles. The van der Waals surface area contributed by atoms with Gasteiger partial charge in [-0.1, -0.05) is 12.1 Å². The second-order valence-corrected chi connectivity index (χ2v) is 6.35. The minimum Gasteiger partial charge on any atom is -0.508 e. The summed E-state index contributed by atoms with van der Waals surface area (Å²) in [5.41, 5.74) is 0.692. The highest BCUT2D eigenvalue weighted by molar-refractivity contribution is 8.18. The predicted molar refractivity (Wildman–Crippen MR) is 88.2 cm³/mol. The van der Waals surface area contributed by atoms with Crippen LogP contribution in [-0.2, 0) is 14.3 Å². The third-order valence-electron chi connectivity index (χ3n) is 3.72. The minimum absolute atomic E-state index is 0.122. The van der Waals surface area contributed by atoms with Crippen molar-refractivity contribution in [2.75, 3.05) is 32.8 Å². The van der Waals surface area contributed by atoms with E-state index >= 15 is 0 Å². The highest BCUT2D eigenvalue weighted by atomic mass is 32.2. The second-order valence-electron chi connectivity index (χ2n) is 5.35. The number of carbonyl (C=O) groups is 3. The second kappa shape index (κ2) is 7.06. The SMILES string of the molecule is O=C(CN1C(=O)SC(=Cc2ccc(O)cc2)C1=O)N1CCOCC1. The molecule has 0 aromatic heterocycles. The van der Waals surface area contributed by atoms with Gasteiger partial charge in [-0.2, -0.15) is 0 Å². The van der Waals surface area contributed by atoms with Gasteiger partial charge in [0.25, 0.3) is 11.1 Å². The number of imide groups is 1. The van der Waals surface area contributed by atoms with Crippen molar-refractivity contribution in [2.45, 2.75) is 0 Å². The monoisotopic (exact) mass is 348 g/mol. The lowest BCUT2D eigenvalue weighted by Crippen LogP contribution is -2.46. The van der Waals surface area contributed by atoms with Gasteiger partial charge in [0.1, 0.15) is 12.3 Å². The zero-order chi connectivity index (χ0) is 17.1. The Morgan fingerprint density at radius 3 is 2.54 bits per heavy atom. The molecule has 2 saturated heterocycles. The fourth-order valence-corrected chi connectivity index (χ4v) is 3.24. The van der Waals surface area contributed by atoms with Crippen molar-refractivity contribution in [1.82, 2.24) is 9.80 Å². The van der Waals surface area contributed by atoms with Crippen LogP contribution in [0.25, 0.3) is 6.08 Å². The molecule has 126 valence electrons. The third kappa shape index (κ3) is 3.60. The van der Waals surface area contributed by atoms with E-state index in [2.05, 4.69) is 0 Å². The van der Waals surface area contributed by atoms with Crippen molar-refractivity contribution in [3.63, 3.8) is 0 Å². The summed E-state index contributed by atoms with van der Waals surface area (Å²) in [4.78, 5) is 39.5. The summed E-state index contributed by atoms with van der Waals surface area (Å²) < 4.78 is 5.18. The van der Waals surface area contributed by atoms with Crippen LogP contribution in [0, 0.1) is 0 Å². The van der Waals surface area contributed by atoms with Crippen molar-refractivity contribution < 1.29 is 24.2 Å². The highest BCUT2D eigenvalue weighted by Gasteiger charge is 2.37. The molecule has 1 aromatic carbocycles. The number of amides is 3. The average Bonchev–Trinajstić information content (AvgIpc) is 2.85. The third-order valence-corrected chi connectivity index (χ3v) is 4.63. The van der Waals surface area contributed by atoms with Gasteiger partial charge in [-0.3, -0.25) is 19.3 Å². The number of morpholine rings is 1. The minimum atomic E-state index is -0.473. The van der Waals surface area contributed by atoms with E-state index in [1.807, 2.05) is 0 Å². The number of thioether (sulfide) groups is 1. The van der Waals surface area contributed by atoms with Gasteiger partial charge in [-0.25, -0.2) is 0 Å². The van der Waals surface area contributed by atoms with Crippen molar-refractivity contribution in [2.24, 2.45) is 0 Å². The molecule has 2 aliphatic heterocycles. The van der Waals surface area contributed by atoms with Crippen LogP contribution in [0.3, 0.4) is 0 Å². The van der Waals surface area contributed by atoms with Crippen LogP contribution in [0.1, 0.15) is 5.56 Å². The van der Waals surface area contributed by atoms with Crippen LogP contribution >= 0.6 is 11.8 Å². The molecule has 24 heavy (non-hydrogen) atoms. The number of benzene rings is 1. The summed E-state index contributed by atoms with van der Waals surface area (Å²) in [7, 11) is 0. The van der Waals surface area contributed by atoms with E-state index in [0.29, 0.717) is 31.9 Å². The topological polar surface area (TPSA) is 87.2 Å². The lowest BCUT2D eigenvalue weighted by atomic mass is 10.2. The molecular weight excluding hydrogens is 332 g/mol. The standard InChI is InChI=1S/C16H16N2O5S/c19-12-3-1-11(2-4-12)9-13-15(21)18(16(22)24-13)10-14(20)17-5-7-23-8-6-17/h1-4,9,19H,5-8,10H2. The number of nitrogens with zero attached hydrogens (tertiary/aromatic N) is 2. The van der Waals surface area contributed by atoms with Crippen LogP contribution in [-0.4, -0.2) is 64.8 Å². The fourth-order valence-electron chi connectivity index (χ4n) is 2.41. The van der Waals surface area contributed by atoms with E-state index in [1.165, 1.54) is 12.1 Å². The Kier molecular flexibility index (Phi) is 4.86. The zero-order valence-corrected chi connectivity index (χ0v) is 13.6. The van der Waals surface area contributed by atoms with Crippen molar-refractivity contribution in [1.29, 1.82) is 0 Å². The summed E-state index contributed by atoms with van der Waals surface area (Å²) in [5, 5.41) is 8.82. The summed E-state index contributed by atoms with van der Waals surface area (Å²) >= 11 is 0.810. The lowest BCUT2D eigenvalue weighted by Gasteiger charge is -2.28. The molecule has 2 aliphatic rings. The predicted octanol–water partition coefficient (Wildman–Crippen LogP) is 1.29. The zero-order valence-electron chi connectivity index (χ0n) is 12.8. The highest BCUT2D eigenvalue weighted by Crippen LogP contribution is 2.32. The number of phenolic OH excluding ortho intramolecular Hbond substituents is 1. The molecule has 1 aromatic rings. The number of phenols is 1. The molecule has 0 radical (unpaired) electrons. The molecule has 0 atom stereocenters. The van der Waals surface area contributed by atoms with Crippen molar-refractivity contribution in [3.8, 4) is 5.75 Å². The Hall–Kier alpha value is -2.32. The van der Waals surface area contributed by atoms with Gasteiger partial charge >= 0.3 is 0 Å². The fraction of sp³-hybridized carbons (Fsp3) is 0.312. The number of ether oxygens (including phenoxy) is 1. The van der Waals surface area contributed by atoms with E-state index in [1.54, 1.807) is 23.1 Å². The first kappa shape index (κ1) is 16.5. The molecule has 0 aliphatic carbocycles. The summed E-state index contributed by atoms with van der Waals surface area (Å²) in [5.74, 6) is -0.609. The molecule has 7 nitrogen and oxygen atoms in total. The maximum absolute atomic E-state index is 12.4. The molecule has 0 bridgehead atoms. The molecule has 1 N–H and O–H groups in total. The quantitative estimate of drug-likeness (QED) is 0.828. The Balaban J connectivity index is 1.69. The summed E-state index contributed by atoms with van der Waals surface area (Å²) in [6.45, 7) is 1.62. The molecule has 3 amide bonds. The van der Waals surface area contributed by atoms with E-state index in [4.69, 9.17) is 4.74 Å². The number of hydrogen-bond donors (Lipinski definition) is 1. The van der Waals surface area contributed by atoms with Gasteiger partial charge in [-0.05, 0) is 35.5 Å². The average molecular weight is 348 g/mol. The molecule has 2 heterocycles. The Labute approximate surface area is 142 Å². The van der Waals surface area contributed by atoms with E-state index in [-0.39, 0.29) is 23.1 Å². The number of aromatic hydroxyl groups is 1. The first-order chi connectivity index (χ1) is 11.5. The lowest BCUT2D eigenvalue weighted by molar-refractivity contribution is -0.139. The summed E-state index contributed by atoms with van der Waals surface area (Å²) in [6, 6.07) is 6.28. The molecule has 0 spiro atoms. The van der Waals surface area contributed by atoms with Crippen molar-refractivity contribution >= 4 is 34.9 Å². The van der Waals surface area contributed by atoms with Gasteiger partial charge in [0.05, 0.1) is 18.1 Å². The van der Waals surface area contributed by atoms with Crippen LogP contribution in [0.15, 0.2) is 29.2 Å². The number of rotatable bonds is 3. The largest absolute Gasteiger partial charge is 0.508 e. The molecule has 2 fully saturated rings. The Morgan fingerprint density at radius 2 is 1.88 bits per heavy atom.